The second kappa shape index (κ2) is 7.60. The molecule has 0 heterocycles. The van der Waals surface area contributed by atoms with Gasteiger partial charge in [0.25, 0.3) is 5.91 Å². The molecule has 21 heavy (non-hydrogen) atoms. The molecule has 1 aromatic carbocycles. The lowest BCUT2D eigenvalue weighted by Gasteiger charge is -2.12. The number of para-hydroxylation sites is 1. The van der Waals surface area contributed by atoms with E-state index in [1.54, 1.807) is 12.1 Å². The fraction of sp³-hybridized carbons (Fsp3) is 0.333. The molecule has 0 bridgehead atoms. The van der Waals surface area contributed by atoms with Crippen LogP contribution in [0.5, 0.6) is 0 Å². The molecule has 4 N–H and O–H groups in total. The summed E-state index contributed by atoms with van der Waals surface area (Å²) in [7, 11) is -2.86. The molecule has 0 aliphatic rings. The first-order chi connectivity index (χ1) is 9.89. The Bertz CT molecular complexity index is 615. The molecule has 0 saturated heterocycles. The number of esters is 1. The number of hydrogen-bond acceptors (Lipinski definition) is 6. The van der Waals surface area contributed by atoms with Gasteiger partial charge in [-0.25, -0.2) is 8.42 Å². The molecule has 9 heteroatoms. The van der Waals surface area contributed by atoms with Gasteiger partial charge in [-0.05, 0) is 12.1 Å². The summed E-state index contributed by atoms with van der Waals surface area (Å²) in [5.41, 5.74) is 5.51. The number of nitrogens with one attached hydrogen (secondary N) is 2. The van der Waals surface area contributed by atoms with E-state index in [0.717, 1.165) is 7.11 Å². The summed E-state index contributed by atoms with van der Waals surface area (Å²) in [4.78, 5) is 22.9. The Balaban J connectivity index is 2.93. The molecule has 0 aliphatic carbocycles. The first-order valence-electron chi connectivity index (χ1n) is 6.04. The molecule has 1 rings (SSSR count). The number of benzene rings is 1. The van der Waals surface area contributed by atoms with E-state index in [2.05, 4.69) is 14.8 Å². The fourth-order valence-electron chi connectivity index (χ4n) is 1.47. The summed E-state index contributed by atoms with van der Waals surface area (Å²) < 4.78 is 30.1. The Kier molecular flexibility index (Phi) is 6.12. The van der Waals surface area contributed by atoms with Gasteiger partial charge in [-0.2, -0.15) is 0 Å². The minimum absolute atomic E-state index is 0.0796. The van der Waals surface area contributed by atoms with Gasteiger partial charge in [-0.3, -0.25) is 14.3 Å². The summed E-state index contributed by atoms with van der Waals surface area (Å²) >= 11 is 0. The molecular formula is C12H17N3O5S. The normalized spacial score (nSPS) is 10.8. The van der Waals surface area contributed by atoms with E-state index in [1.807, 2.05) is 0 Å². The molecule has 0 unspecified atom stereocenters. The van der Waals surface area contributed by atoms with Crippen LogP contribution in [-0.4, -0.2) is 46.2 Å². The van der Waals surface area contributed by atoms with Crippen LogP contribution in [0, 0.1) is 0 Å². The highest BCUT2D eigenvalue weighted by atomic mass is 32.2. The number of carbonyl (C=O) groups excluding carboxylic acids is 2. The van der Waals surface area contributed by atoms with Gasteiger partial charge in [0.15, 0.2) is 5.75 Å². The van der Waals surface area contributed by atoms with E-state index in [4.69, 9.17) is 5.73 Å². The van der Waals surface area contributed by atoms with Crippen LogP contribution in [0.15, 0.2) is 24.3 Å². The van der Waals surface area contributed by atoms with Gasteiger partial charge >= 0.3 is 5.97 Å². The third-order valence-electron chi connectivity index (χ3n) is 2.40. The number of nitrogens with two attached hydrogens (primary N) is 1. The second-order valence-corrected chi connectivity index (χ2v) is 5.75. The highest BCUT2D eigenvalue weighted by molar-refractivity contribution is 7.93. The number of rotatable bonds is 7. The van der Waals surface area contributed by atoms with Crippen LogP contribution >= 0.6 is 0 Å². The van der Waals surface area contributed by atoms with Gasteiger partial charge in [0.05, 0.1) is 18.4 Å². The third-order valence-corrected chi connectivity index (χ3v) is 3.55. The lowest BCUT2D eigenvalue weighted by molar-refractivity contribution is -0.137. The van der Waals surface area contributed by atoms with Crippen LogP contribution in [0.1, 0.15) is 10.4 Å². The van der Waals surface area contributed by atoms with E-state index in [-0.39, 0.29) is 24.3 Å². The Morgan fingerprint density at radius 2 is 1.95 bits per heavy atom. The maximum absolute atomic E-state index is 11.9. The van der Waals surface area contributed by atoms with Crippen molar-refractivity contribution in [2.45, 2.75) is 0 Å². The molecule has 0 spiro atoms. The number of methoxy groups -OCH3 is 1. The molecule has 0 saturated carbocycles. The minimum Gasteiger partial charge on any atom is -0.468 e. The van der Waals surface area contributed by atoms with Crippen LogP contribution in [-0.2, 0) is 19.6 Å². The lowest BCUT2D eigenvalue weighted by Crippen LogP contribution is -2.30. The highest BCUT2D eigenvalue weighted by Crippen LogP contribution is 2.16. The van der Waals surface area contributed by atoms with Crippen molar-refractivity contribution in [1.82, 2.24) is 5.32 Å². The van der Waals surface area contributed by atoms with Gasteiger partial charge in [0.1, 0.15) is 0 Å². The van der Waals surface area contributed by atoms with Crippen LogP contribution in [0.4, 0.5) is 5.69 Å². The van der Waals surface area contributed by atoms with Crippen molar-refractivity contribution in [3.8, 4) is 0 Å². The average molecular weight is 315 g/mol. The van der Waals surface area contributed by atoms with Crippen molar-refractivity contribution in [3.63, 3.8) is 0 Å². The van der Waals surface area contributed by atoms with Crippen LogP contribution in [0.3, 0.4) is 0 Å². The Morgan fingerprint density at radius 1 is 1.29 bits per heavy atom. The molecule has 8 nitrogen and oxygen atoms in total. The molecule has 0 aliphatic heterocycles. The van der Waals surface area contributed by atoms with Gasteiger partial charge < -0.3 is 15.8 Å². The molecule has 1 aromatic rings. The van der Waals surface area contributed by atoms with Gasteiger partial charge in [-0.1, -0.05) is 12.1 Å². The second-order valence-electron chi connectivity index (χ2n) is 4.03. The molecule has 1 amide bonds. The van der Waals surface area contributed by atoms with Crippen LogP contribution in [0.2, 0.25) is 0 Å². The van der Waals surface area contributed by atoms with Crippen LogP contribution < -0.4 is 15.8 Å². The zero-order valence-electron chi connectivity index (χ0n) is 11.5. The molecule has 0 fully saturated rings. The fourth-order valence-corrected chi connectivity index (χ4v) is 2.48. The first kappa shape index (κ1) is 16.9. The first-order valence-corrected chi connectivity index (χ1v) is 7.69. The van der Waals surface area contributed by atoms with Crippen molar-refractivity contribution < 1.29 is 22.7 Å². The number of ether oxygens (including phenoxy) is 1. The molecule has 0 atom stereocenters. The summed E-state index contributed by atoms with van der Waals surface area (Å²) in [5, 5.41) is 2.54. The summed E-state index contributed by atoms with van der Waals surface area (Å²) in [6.07, 6.45) is 0. The zero-order valence-corrected chi connectivity index (χ0v) is 12.3. The van der Waals surface area contributed by atoms with Crippen LogP contribution in [0.25, 0.3) is 0 Å². The molecule has 0 aromatic heterocycles. The van der Waals surface area contributed by atoms with E-state index in [0.29, 0.717) is 0 Å². The smallest absolute Gasteiger partial charge is 0.322 e. The van der Waals surface area contributed by atoms with Gasteiger partial charge in [-0.15, -0.1) is 0 Å². The van der Waals surface area contributed by atoms with E-state index in [9.17, 15) is 18.0 Å². The maximum atomic E-state index is 11.9. The topological polar surface area (TPSA) is 128 Å². The number of amides is 1. The third kappa shape index (κ3) is 5.40. The van der Waals surface area contributed by atoms with Crippen molar-refractivity contribution >= 4 is 27.6 Å². The maximum Gasteiger partial charge on any atom is 0.322 e. The Hall–Kier alpha value is -2.13. The number of hydrogen-bond donors (Lipinski definition) is 3. The van der Waals surface area contributed by atoms with E-state index < -0.39 is 27.7 Å². The number of anilines is 1. The lowest BCUT2D eigenvalue weighted by atomic mass is 10.1. The molecule has 116 valence electrons. The van der Waals surface area contributed by atoms with E-state index >= 15 is 0 Å². The summed E-state index contributed by atoms with van der Waals surface area (Å²) in [6.45, 7) is 0.532. The highest BCUT2D eigenvalue weighted by Gasteiger charge is 2.20. The predicted octanol–water partition coefficient (Wildman–Crippen LogP) is -0.710. The van der Waals surface area contributed by atoms with Crippen molar-refractivity contribution in [1.29, 1.82) is 0 Å². The largest absolute Gasteiger partial charge is 0.468 e. The predicted molar refractivity (Wildman–Crippen MR) is 77.3 cm³/mol. The summed E-state index contributed by atoms with van der Waals surface area (Å²) in [6, 6.07) is 6.04. The number of sulfonamides is 1. The molecular weight excluding hydrogens is 298 g/mol. The number of carbonyl (C=O) groups is 2. The SMILES string of the molecule is COC(=O)CS(=O)(=O)Nc1ccccc1C(=O)NCCN. The van der Waals surface area contributed by atoms with Gasteiger partial charge in [0, 0.05) is 13.1 Å². The molecule has 0 radical (unpaired) electrons. The quantitative estimate of drug-likeness (QED) is 0.570. The van der Waals surface area contributed by atoms with Gasteiger partial charge in [0.2, 0.25) is 10.0 Å². The zero-order chi connectivity index (χ0) is 15.9. The monoisotopic (exact) mass is 315 g/mol. The van der Waals surface area contributed by atoms with E-state index in [1.165, 1.54) is 12.1 Å². The minimum atomic E-state index is -3.95. The standard InChI is InChI=1S/C12H17N3O5S/c1-20-11(16)8-21(18,19)15-10-5-3-2-4-9(10)12(17)14-7-6-13/h2-5,15H,6-8,13H2,1H3,(H,14,17). The van der Waals surface area contributed by atoms with Crippen molar-refractivity contribution in [2.75, 3.05) is 30.7 Å². The Morgan fingerprint density at radius 3 is 2.57 bits per heavy atom. The average Bonchev–Trinajstić information content (AvgIpc) is 2.44. The summed E-state index contributed by atoms with van der Waals surface area (Å²) in [5.74, 6) is -2.19. The van der Waals surface area contributed by atoms with Crippen molar-refractivity contribution in [3.05, 3.63) is 29.8 Å². The van der Waals surface area contributed by atoms with Crippen molar-refractivity contribution in [2.24, 2.45) is 5.73 Å². The Labute approximate surface area is 122 Å².